The third kappa shape index (κ3) is 2.60. The number of imide groups is 1. The highest BCUT2D eigenvalue weighted by molar-refractivity contribution is 6.13. The second-order valence-electron chi connectivity index (χ2n) is 9.11. The molecular weight excluding hydrogens is 298 g/mol. The molecule has 1 aliphatic heterocycles. The van der Waals surface area contributed by atoms with Crippen molar-refractivity contribution < 1.29 is 9.59 Å². The summed E-state index contributed by atoms with van der Waals surface area (Å²) >= 11 is 0. The van der Waals surface area contributed by atoms with Gasteiger partial charge in [-0.2, -0.15) is 0 Å². The SMILES string of the molecule is CC(C)(C)c1cccc2c1[C@@H](N1C(=O)C=CC1=O)C[C@H]2C(C)(C)C. The summed E-state index contributed by atoms with van der Waals surface area (Å²) in [4.78, 5) is 26.1. The van der Waals surface area contributed by atoms with E-state index in [0.717, 1.165) is 6.42 Å². The Balaban J connectivity index is 2.19. The lowest BCUT2D eigenvalue weighted by Crippen LogP contribution is -2.34. The first-order valence-corrected chi connectivity index (χ1v) is 8.70. The van der Waals surface area contributed by atoms with Gasteiger partial charge in [0, 0.05) is 12.2 Å². The Kier molecular flexibility index (Phi) is 3.74. The monoisotopic (exact) mass is 325 g/mol. The summed E-state index contributed by atoms with van der Waals surface area (Å²) in [7, 11) is 0. The standard InChI is InChI=1S/C21H27NO2/c1-20(2,3)14-9-7-8-13-15(21(4,5)6)12-16(19(13)14)22-17(23)10-11-18(22)24/h7-11,15-16H,12H2,1-6H3/t15-,16+/m1/s1. The maximum absolute atomic E-state index is 12.3. The minimum absolute atomic E-state index is 0.0321. The Labute approximate surface area is 144 Å². The molecule has 1 heterocycles. The molecule has 0 aromatic heterocycles. The van der Waals surface area contributed by atoms with Crippen LogP contribution in [0, 0.1) is 5.41 Å². The zero-order valence-corrected chi connectivity index (χ0v) is 15.5. The highest BCUT2D eigenvalue weighted by Crippen LogP contribution is 2.54. The molecule has 0 N–H and O–H groups in total. The molecule has 1 aliphatic carbocycles. The average molecular weight is 325 g/mol. The van der Waals surface area contributed by atoms with E-state index in [1.807, 2.05) is 0 Å². The summed E-state index contributed by atoms with van der Waals surface area (Å²) in [5.41, 5.74) is 3.78. The smallest absolute Gasteiger partial charge is 0.254 e. The van der Waals surface area contributed by atoms with E-state index in [9.17, 15) is 9.59 Å². The molecule has 2 aliphatic rings. The van der Waals surface area contributed by atoms with Crippen molar-refractivity contribution >= 4 is 11.8 Å². The van der Waals surface area contributed by atoms with Crippen LogP contribution in [0.4, 0.5) is 0 Å². The Morgan fingerprint density at radius 2 is 1.54 bits per heavy atom. The van der Waals surface area contributed by atoms with Gasteiger partial charge in [-0.15, -0.1) is 0 Å². The van der Waals surface area contributed by atoms with Gasteiger partial charge in [-0.05, 0) is 39.9 Å². The predicted octanol–water partition coefficient (Wildman–Crippen LogP) is 4.48. The molecule has 3 nitrogen and oxygen atoms in total. The zero-order chi connectivity index (χ0) is 17.9. The number of nitrogens with zero attached hydrogens (tertiary/aromatic N) is 1. The molecule has 128 valence electrons. The fourth-order valence-electron chi connectivity index (χ4n) is 4.15. The molecule has 0 bridgehead atoms. The van der Waals surface area contributed by atoms with Crippen LogP contribution in [-0.4, -0.2) is 16.7 Å². The van der Waals surface area contributed by atoms with E-state index in [2.05, 4.69) is 59.7 Å². The van der Waals surface area contributed by atoms with E-state index in [0.29, 0.717) is 5.92 Å². The first-order chi connectivity index (χ1) is 11.0. The molecule has 1 aromatic rings. The quantitative estimate of drug-likeness (QED) is 0.714. The molecule has 3 rings (SSSR count). The summed E-state index contributed by atoms with van der Waals surface area (Å²) in [6.45, 7) is 13.3. The molecule has 2 atom stereocenters. The minimum atomic E-state index is -0.186. The van der Waals surface area contributed by atoms with Gasteiger partial charge in [0.1, 0.15) is 0 Å². The van der Waals surface area contributed by atoms with Crippen LogP contribution in [-0.2, 0) is 15.0 Å². The van der Waals surface area contributed by atoms with Gasteiger partial charge in [0.15, 0.2) is 0 Å². The number of rotatable bonds is 1. The fraction of sp³-hybridized carbons (Fsp3) is 0.524. The summed E-state index contributed by atoms with van der Waals surface area (Å²) < 4.78 is 0. The minimum Gasteiger partial charge on any atom is -0.269 e. The molecule has 0 fully saturated rings. The fourth-order valence-corrected chi connectivity index (χ4v) is 4.15. The Morgan fingerprint density at radius 1 is 0.958 bits per heavy atom. The van der Waals surface area contributed by atoms with Crippen molar-refractivity contribution in [3.8, 4) is 0 Å². The van der Waals surface area contributed by atoms with Crippen LogP contribution in [0.25, 0.3) is 0 Å². The normalized spacial score (nSPS) is 24.0. The number of amides is 2. The van der Waals surface area contributed by atoms with Crippen molar-refractivity contribution in [2.45, 2.75) is 65.3 Å². The number of hydrogen-bond acceptors (Lipinski definition) is 2. The van der Waals surface area contributed by atoms with Gasteiger partial charge in [-0.25, -0.2) is 0 Å². The highest BCUT2D eigenvalue weighted by Gasteiger charge is 2.45. The summed E-state index contributed by atoms with van der Waals surface area (Å²) in [5.74, 6) is -0.0376. The Bertz CT molecular complexity index is 713. The lowest BCUT2D eigenvalue weighted by atomic mass is 9.76. The molecule has 1 aromatic carbocycles. The van der Waals surface area contributed by atoms with Gasteiger partial charge < -0.3 is 0 Å². The third-order valence-corrected chi connectivity index (χ3v) is 5.32. The van der Waals surface area contributed by atoms with Crippen LogP contribution in [0.1, 0.15) is 76.6 Å². The molecular formula is C21H27NO2. The lowest BCUT2D eigenvalue weighted by Gasteiger charge is -2.29. The number of carbonyl (C=O) groups is 2. The van der Waals surface area contributed by atoms with E-state index in [-0.39, 0.29) is 28.7 Å². The van der Waals surface area contributed by atoms with Crippen molar-refractivity contribution in [1.82, 2.24) is 4.90 Å². The topological polar surface area (TPSA) is 37.4 Å². The summed E-state index contributed by atoms with van der Waals surface area (Å²) in [6.07, 6.45) is 3.60. The van der Waals surface area contributed by atoms with E-state index < -0.39 is 0 Å². The number of hydrogen-bond donors (Lipinski definition) is 0. The summed E-state index contributed by atoms with van der Waals surface area (Å²) in [5, 5.41) is 0. The van der Waals surface area contributed by atoms with Crippen molar-refractivity contribution in [2.75, 3.05) is 0 Å². The predicted molar refractivity (Wildman–Crippen MR) is 95.7 cm³/mol. The molecule has 24 heavy (non-hydrogen) atoms. The van der Waals surface area contributed by atoms with Crippen LogP contribution in [0.5, 0.6) is 0 Å². The van der Waals surface area contributed by atoms with Gasteiger partial charge >= 0.3 is 0 Å². The molecule has 0 radical (unpaired) electrons. The molecule has 0 unspecified atom stereocenters. The van der Waals surface area contributed by atoms with Gasteiger partial charge in [0.05, 0.1) is 6.04 Å². The Morgan fingerprint density at radius 3 is 2.04 bits per heavy atom. The van der Waals surface area contributed by atoms with Gasteiger partial charge in [0.2, 0.25) is 0 Å². The van der Waals surface area contributed by atoms with E-state index >= 15 is 0 Å². The van der Waals surface area contributed by atoms with Gasteiger partial charge in [-0.1, -0.05) is 59.7 Å². The Hall–Kier alpha value is -1.90. The molecule has 0 spiro atoms. The lowest BCUT2D eigenvalue weighted by molar-refractivity contribution is -0.139. The van der Waals surface area contributed by atoms with E-state index in [1.165, 1.54) is 33.7 Å². The third-order valence-electron chi connectivity index (χ3n) is 5.32. The first-order valence-electron chi connectivity index (χ1n) is 8.70. The van der Waals surface area contributed by atoms with Crippen molar-refractivity contribution in [3.05, 3.63) is 47.0 Å². The molecule has 2 amide bonds. The number of benzene rings is 1. The van der Waals surface area contributed by atoms with Gasteiger partial charge in [0.25, 0.3) is 11.8 Å². The number of fused-ring (bicyclic) bond motifs is 1. The largest absolute Gasteiger partial charge is 0.269 e. The van der Waals surface area contributed by atoms with Crippen molar-refractivity contribution in [3.63, 3.8) is 0 Å². The molecule has 0 saturated carbocycles. The summed E-state index contributed by atoms with van der Waals surface area (Å²) in [6, 6.07) is 6.29. The van der Waals surface area contributed by atoms with Crippen molar-refractivity contribution in [1.29, 1.82) is 0 Å². The molecule has 0 saturated heterocycles. The second-order valence-corrected chi connectivity index (χ2v) is 9.11. The van der Waals surface area contributed by atoms with Gasteiger partial charge in [-0.3, -0.25) is 14.5 Å². The van der Waals surface area contributed by atoms with Crippen LogP contribution < -0.4 is 0 Å². The second kappa shape index (κ2) is 5.30. The highest BCUT2D eigenvalue weighted by atomic mass is 16.2. The molecule has 3 heteroatoms. The van der Waals surface area contributed by atoms with Crippen LogP contribution in [0.15, 0.2) is 30.4 Å². The number of carbonyl (C=O) groups excluding carboxylic acids is 2. The van der Waals surface area contributed by atoms with Crippen molar-refractivity contribution in [2.24, 2.45) is 5.41 Å². The van der Waals surface area contributed by atoms with Crippen LogP contribution in [0.3, 0.4) is 0 Å². The maximum atomic E-state index is 12.3. The first kappa shape index (κ1) is 16.9. The van der Waals surface area contributed by atoms with Crippen LogP contribution in [0.2, 0.25) is 0 Å². The van der Waals surface area contributed by atoms with E-state index in [1.54, 1.807) is 0 Å². The van der Waals surface area contributed by atoms with E-state index in [4.69, 9.17) is 0 Å². The maximum Gasteiger partial charge on any atom is 0.254 e. The zero-order valence-electron chi connectivity index (χ0n) is 15.5. The van der Waals surface area contributed by atoms with Crippen LogP contribution >= 0.6 is 0 Å². The average Bonchev–Trinajstić information content (AvgIpc) is 2.98.